The summed E-state index contributed by atoms with van der Waals surface area (Å²) in [5, 5.41) is 0.740. The second-order valence-electron chi connectivity index (χ2n) is 2.86. The summed E-state index contributed by atoms with van der Waals surface area (Å²) in [6, 6.07) is 7.71. The van der Waals surface area contributed by atoms with Gasteiger partial charge in [-0.25, -0.2) is 0 Å². The minimum absolute atomic E-state index is 0.227. The molecule has 0 saturated heterocycles. The second-order valence-corrected chi connectivity index (χ2v) is 3.61. The maximum atomic E-state index is 5.86. The lowest BCUT2D eigenvalue weighted by Gasteiger charge is -2.12. The van der Waals surface area contributed by atoms with Gasteiger partial charge in [0.2, 0.25) is 0 Å². The molecule has 0 bridgehead atoms. The fraction of sp³-hybridized carbons (Fsp3) is 0.400. The van der Waals surface area contributed by atoms with Gasteiger partial charge in [-0.3, -0.25) is 0 Å². The van der Waals surface area contributed by atoms with Crippen LogP contribution in [0.2, 0.25) is 5.02 Å². The molecule has 1 aromatic rings. The van der Waals surface area contributed by atoms with E-state index in [1.807, 2.05) is 24.3 Å². The summed E-state index contributed by atoms with van der Waals surface area (Å²) in [4.78, 5) is 0. The third-order valence-electron chi connectivity index (χ3n) is 1.87. The first-order valence-electron chi connectivity index (χ1n) is 4.08. The molecule has 1 unspecified atom stereocenters. The van der Waals surface area contributed by atoms with Crippen LogP contribution in [0.15, 0.2) is 24.3 Å². The molecule has 1 atom stereocenters. The number of alkyl halides is 1. The highest BCUT2D eigenvalue weighted by Crippen LogP contribution is 2.20. The molecule has 1 nitrogen and oxygen atoms in total. The number of methoxy groups -OCH3 is 1. The summed E-state index contributed by atoms with van der Waals surface area (Å²) in [7, 11) is 1.67. The van der Waals surface area contributed by atoms with Crippen molar-refractivity contribution in [3.63, 3.8) is 0 Å². The quantitative estimate of drug-likeness (QED) is 0.706. The van der Waals surface area contributed by atoms with Gasteiger partial charge >= 0.3 is 0 Å². The van der Waals surface area contributed by atoms with Crippen LogP contribution in [0.1, 0.15) is 11.5 Å². The smallest absolute Gasteiger partial charge is 0.0542 e. The van der Waals surface area contributed by atoms with E-state index in [1.54, 1.807) is 7.11 Å². The predicted octanol–water partition coefficient (Wildman–Crippen LogP) is 3.31. The molecule has 0 heterocycles. The molecule has 0 saturated carbocycles. The number of benzene rings is 1. The Labute approximate surface area is 88.6 Å². The molecule has 0 N–H and O–H groups in total. The Morgan fingerprint density at radius 3 is 2.77 bits per heavy atom. The fourth-order valence-electron chi connectivity index (χ4n) is 1.19. The van der Waals surface area contributed by atoms with Crippen molar-refractivity contribution in [2.24, 2.45) is 0 Å². The molecule has 3 heteroatoms. The van der Waals surface area contributed by atoms with E-state index >= 15 is 0 Å². The van der Waals surface area contributed by atoms with Gasteiger partial charge in [-0.05, 0) is 17.7 Å². The van der Waals surface area contributed by atoms with E-state index in [0.717, 1.165) is 10.6 Å². The number of halogens is 2. The summed E-state index contributed by atoms with van der Waals surface area (Å²) < 4.78 is 5.06. The molecule has 0 amide bonds. The van der Waals surface area contributed by atoms with E-state index in [4.69, 9.17) is 27.9 Å². The molecule has 0 radical (unpaired) electrons. The predicted molar refractivity (Wildman–Crippen MR) is 56.8 cm³/mol. The van der Waals surface area contributed by atoms with Crippen molar-refractivity contribution in [2.75, 3.05) is 19.6 Å². The average Bonchev–Trinajstić information content (AvgIpc) is 2.14. The molecule has 0 aliphatic carbocycles. The molecule has 1 rings (SSSR count). The van der Waals surface area contributed by atoms with E-state index in [9.17, 15) is 0 Å². The van der Waals surface area contributed by atoms with Crippen molar-refractivity contribution in [2.45, 2.75) is 5.92 Å². The van der Waals surface area contributed by atoms with Gasteiger partial charge in [-0.1, -0.05) is 23.7 Å². The van der Waals surface area contributed by atoms with Crippen LogP contribution in [0.4, 0.5) is 0 Å². The lowest BCUT2D eigenvalue weighted by Crippen LogP contribution is -2.07. The van der Waals surface area contributed by atoms with E-state index in [2.05, 4.69) is 0 Å². The third-order valence-corrected chi connectivity index (χ3v) is 2.48. The van der Waals surface area contributed by atoms with Gasteiger partial charge in [0.1, 0.15) is 0 Å². The Hall–Kier alpha value is -0.240. The number of hydrogen-bond donors (Lipinski definition) is 0. The maximum Gasteiger partial charge on any atom is 0.0542 e. The van der Waals surface area contributed by atoms with E-state index in [-0.39, 0.29) is 5.92 Å². The van der Waals surface area contributed by atoms with Gasteiger partial charge in [0.25, 0.3) is 0 Å². The van der Waals surface area contributed by atoms with Crippen LogP contribution < -0.4 is 0 Å². The zero-order chi connectivity index (χ0) is 9.68. The Morgan fingerprint density at radius 1 is 1.46 bits per heavy atom. The van der Waals surface area contributed by atoms with Crippen molar-refractivity contribution in [1.82, 2.24) is 0 Å². The van der Waals surface area contributed by atoms with Gasteiger partial charge in [-0.15, -0.1) is 11.6 Å². The summed E-state index contributed by atoms with van der Waals surface area (Å²) >= 11 is 11.7. The normalized spacial score (nSPS) is 12.8. The summed E-state index contributed by atoms with van der Waals surface area (Å²) in [5.41, 5.74) is 1.13. The molecule has 0 aliphatic rings. The Morgan fingerprint density at radius 2 is 2.23 bits per heavy atom. The molecule has 0 spiro atoms. The lowest BCUT2D eigenvalue weighted by atomic mass is 10.0. The fourth-order valence-corrected chi connectivity index (χ4v) is 1.66. The highest BCUT2D eigenvalue weighted by molar-refractivity contribution is 6.30. The first-order valence-corrected chi connectivity index (χ1v) is 4.99. The van der Waals surface area contributed by atoms with Crippen LogP contribution in [-0.2, 0) is 4.74 Å². The van der Waals surface area contributed by atoms with Crippen molar-refractivity contribution in [3.8, 4) is 0 Å². The van der Waals surface area contributed by atoms with Crippen LogP contribution in [0, 0.1) is 0 Å². The van der Waals surface area contributed by atoms with Crippen molar-refractivity contribution < 1.29 is 4.74 Å². The molecule has 72 valence electrons. The minimum atomic E-state index is 0.227. The Kier molecular flexibility index (Phi) is 4.57. The Bertz CT molecular complexity index is 263. The summed E-state index contributed by atoms with van der Waals surface area (Å²) in [6.45, 7) is 0.629. The summed E-state index contributed by atoms with van der Waals surface area (Å²) in [5.74, 6) is 0.777. The zero-order valence-corrected chi connectivity index (χ0v) is 8.98. The number of hydrogen-bond acceptors (Lipinski definition) is 1. The first kappa shape index (κ1) is 10.8. The van der Waals surface area contributed by atoms with E-state index < -0.39 is 0 Å². The number of ether oxygens (including phenoxy) is 1. The molecule has 1 aromatic carbocycles. The van der Waals surface area contributed by atoms with Gasteiger partial charge in [-0.2, -0.15) is 0 Å². The van der Waals surface area contributed by atoms with Crippen LogP contribution in [0.3, 0.4) is 0 Å². The molecule has 13 heavy (non-hydrogen) atoms. The van der Waals surface area contributed by atoms with Crippen LogP contribution in [0.5, 0.6) is 0 Å². The van der Waals surface area contributed by atoms with Crippen molar-refractivity contribution >= 4 is 23.2 Å². The standard InChI is InChI=1S/C10H12Cl2O/c1-13-7-9(6-11)8-3-2-4-10(12)5-8/h2-5,9H,6-7H2,1H3. The average molecular weight is 219 g/mol. The molecular weight excluding hydrogens is 207 g/mol. The topological polar surface area (TPSA) is 9.23 Å². The third kappa shape index (κ3) is 3.18. The molecule has 0 aromatic heterocycles. The van der Waals surface area contributed by atoms with E-state index in [1.165, 1.54) is 0 Å². The van der Waals surface area contributed by atoms with Gasteiger partial charge in [0.05, 0.1) is 6.61 Å². The SMILES string of the molecule is COCC(CCl)c1cccc(Cl)c1. The van der Waals surface area contributed by atoms with Crippen LogP contribution >= 0.6 is 23.2 Å². The lowest BCUT2D eigenvalue weighted by molar-refractivity contribution is 0.185. The van der Waals surface area contributed by atoms with Crippen LogP contribution in [-0.4, -0.2) is 19.6 Å². The highest BCUT2D eigenvalue weighted by Gasteiger charge is 2.09. The van der Waals surface area contributed by atoms with Gasteiger partial charge in [0.15, 0.2) is 0 Å². The van der Waals surface area contributed by atoms with Crippen LogP contribution in [0.25, 0.3) is 0 Å². The molecular formula is C10H12Cl2O. The van der Waals surface area contributed by atoms with Crippen molar-refractivity contribution in [1.29, 1.82) is 0 Å². The largest absolute Gasteiger partial charge is 0.384 e. The highest BCUT2D eigenvalue weighted by atomic mass is 35.5. The van der Waals surface area contributed by atoms with Crippen molar-refractivity contribution in [3.05, 3.63) is 34.9 Å². The molecule has 0 fully saturated rings. The second kappa shape index (κ2) is 5.48. The number of rotatable bonds is 4. The first-order chi connectivity index (χ1) is 6.27. The van der Waals surface area contributed by atoms with Gasteiger partial charge < -0.3 is 4.74 Å². The summed E-state index contributed by atoms with van der Waals surface area (Å²) in [6.07, 6.45) is 0. The monoisotopic (exact) mass is 218 g/mol. The minimum Gasteiger partial charge on any atom is -0.384 e. The zero-order valence-electron chi connectivity index (χ0n) is 7.47. The van der Waals surface area contributed by atoms with Gasteiger partial charge in [0, 0.05) is 23.9 Å². The van der Waals surface area contributed by atoms with E-state index in [0.29, 0.717) is 12.5 Å². The Balaban J connectivity index is 2.78. The molecule has 0 aliphatic heterocycles. The maximum absolute atomic E-state index is 5.86.